The Kier molecular flexibility index (Phi) is 5.96. The molecular formula is C16H31BN2. The minimum Gasteiger partial charge on any atom is -0.342 e. The molecule has 0 N–H and O–H groups in total. The minimum atomic E-state index is 0.728. The zero-order valence-corrected chi connectivity index (χ0v) is 13.0. The van der Waals surface area contributed by atoms with Gasteiger partial charge in [-0.25, -0.2) is 0 Å². The fourth-order valence-corrected chi connectivity index (χ4v) is 3.44. The zero-order valence-electron chi connectivity index (χ0n) is 13.0. The molecule has 1 aliphatic heterocycles. The summed E-state index contributed by atoms with van der Waals surface area (Å²) in [4.78, 5) is 5.42. The topological polar surface area (TPSA) is 6.48 Å². The molecule has 0 aromatic rings. The summed E-state index contributed by atoms with van der Waals surface area (Å²) < 4.78 is 0. The highest BCUT2D eigenvalue weighted by Crippen LogP contribution is 2.33. The number of piperazine rings is 1. The minimum absolute atomic E-state index is 0.728. The Morgan fingerprint density at radius 3 is 2.42 bits per heavy atom. The lowest BCUT2D eigenvalue weighted by Crippen LogP contribution is -2.57. The second-order valence-corrected chi connectivity index (χ2v) is 6.71. The zero-order chi connectivity index (χ0) is 13.7. The molecule has 2 aliphatic rings. The third-order valence-corrected chi connectivity index (χ3v) is 4.80. The highest BCUT2D eigenvalue weighted by atomic mass is 15.3. The van der Waals surface area contributed by atoms with Crippen molar-refractivity contribution in [3.05, 3.63) is 12.7 Å². The first-order valence-electron chi connectivity index (χ1n) is 8.29. The average Bonchev–Trinajstić information content (AvgIpc) is 3.18. The van der Waals surface area contributed by atoms with E-state index < -0.39 is 0 Å². The summed E-state index contributed by atoms with van der Waals surface area (Å²) in [6.45, 7) is 12.4. The van der Waals surface area contributed by atoms with Crippen molar-refractivity contribution in [1.29, 1.82) is 0 Å². The molecule has 1 heterocycles. The van der Waals surface area contributed by atoms with Crippen molar-refractivity contribution in [3.8, 4) is 0 Å². The van der Waals surface area contributed by atoms with E-state index in [1.807, 2.05) is 6.08 Å². The van der Waals surface area contributed by atoms with Crippen molar-refractivity contribution in [3.63, 3.8) is 0 Å². The number of allylic oxidation sites excluding steroid dienone is 1. The maximum Gasteiger partial charge on any atom is 0.204 e. The van der Waals surface area contributed by atoms with Crippen LogP contribution in [-0.2, 0) is 0 Å². The molecule has 0 bridgehead atoms. The largest absolute Gasteiger partial charge is 0.342 e. The summed E-state index contributed by atoms with van der Waals surface area (Å²) in [7, 11) is 1.34. The standard InChI is InChI=1S/C16H31BN2/c1-4-5-6-7-10-19-14(2)12-18(13-15(19)3)17-11-16-8-9-16/h4,14-17H,1,5-13H2,2-3H3/t14-,15+. The van der Waals surface area contributed by atoms with Gasteiger partial charge in [-0.3, -0.25) is 4.90 Å². The van der Waals surface area contributed by atoms with Crippen LogP contribution in [0.5, 0.6) is 0 Å². The van der Waals surface area contributed by atoms with Gasteiger partial charge < -0.3 is 4.81 Å². The first-order valence-corrected chi connectivity index (χ1v) is 8.29. The van der Waals surface area contributed by atoms with Crippen molar-refractivity contribution in [2.75, 3.05) is 19.6 Å². The maximum atomic E-state index is 3.80. The number of rotatable bonds is 8. The molecule has 0 radical (unpaired) electrons. The van der Waals surface area contributed by atoms with Gasteiger partial charge in [-0.15, -0.1) is 6.58 Å². The maximum absolute atomic E-state index is 3.80. The van der Waals surface area contributed by atoms with Crippen molar-refractivity contribution >= 4 is 7.41 Å². The molecule has 1 saturated carbocycles. The second-order valence-electron chi connectivity index (χ2n) is 6.71. The normalized spacial score (nSPS) is 29.4. The van der Waals surface area contributed by atoms with Crippen molar-refractivity contribution in [1.82, 2.24) is 9.71 Å². The fraction of sp³-hybridized carbons (Fsp3) is 0.875. The predicted octanol–water partition coefficient (Wildman–Crippen LogP) is 2.92. The lowest BCUT2D eigenvalue weighted by atomic mass is 9.81. The highest BCUT2D eigenvalue weighted by molar-refractivity contribution is 6.32. The van der Waals surface area contributed by atoms with E-state index >= 15 is 0 Å². The molecule has 0 unspecified atom stereocenters. The van der Waals surface area contributed by atoms with Crippen LogP contribution in [0.15, 0.2) is 12.7 Å². The van der Waals surface area contributed by atoms with Gasteiger partial charge in [0.25, 0.3) is 0 Å². The van der Waals surface area contributed by atoms with Crippen molar-refractivity contribution in [2.24, 2.45) is 5.92 Å². The predicted molar refractivity (Wildman–Crippen MR) is 85.9 cm³/mol. The van der Waals surface area contributed by atoms with Crippen LogP contribution in [0.1, 0.15) is 46.0 Å². The van der Waals surface area contributed by atoms with Gasteiger partial charge in [0.05, 0.1) is 0 Å². The smallest absolute Gasteiger partial charge is 0.204 e. The molecule has 3 heteroatoms. The number of hydrogen-bond acceptors (Lipinski definition) is 2. The van der Waals surface area contributed by atoms with Crippen LogP contribution >= 0.6 is 0 Å². The molecule has 0 aromatic carbocycles. The summed E-state index contributed by atoms with van der Waals surface area (Å²) >= 11 is 0. The Balaban J connectivity index is 1.68. The summed E-state index contributed by atoms with van der Waals surface area (Å²) in [5, 5.41) is 0. The molecule has 0 aromatic heterocycles. The number of unbranched alkanes of at least 4 members (excludes halogenated alkanes) is 2. The Hall–Kier alpha value is -0.275. The molecule has 1 aliphatic carbocycles. The van der Waals surface area contributed by atoms with Crippen molar-refractivity contribution in [2.45, 2.75) is 64.4 Å². The molecule has 2 atom stereocenters. The first kappa shape index (κ1) is 15.1. The van der Waals surface area contributed by atoms with Crippen LogP contribution in [0.4, 0.5) is 0 Å². The summed E-state index contributed by atoms with van der Waals surface area (Å²) in [5.41, 5.74) is 0. The summed E-state index contributed by atoms with van der Waals surface area (Å²) in [6, 6.07) is 1.46. The third kappa shape index (κ3) is 4.96. The van der Waals surface area contributed by atoms with E-state index in [9.17, 15) is 0 Å². The van der Waals surface area contributed by atoms with Gasteiger partial charge in [0, 0.05) is 25.2 Å². The molecule has 1 saturated heterocycles. The SMILES string of the molecule is C=CCCCCN1[C@H](C)CN(BCC2CC2)C[C@@H]1C. The number of hydrogen-bond donors (Lipinski definition) is 0. The Morgan fingerprint density at radius 2 is 1.84 bits per heavy atom. The molecule has 19 heavy (non-hydrogen) atoms. The van der Waals surface area contributed by atoms with Crippen molar-refractivity contribution < 1.29 is 0 Å². The summed E-state index contributed by atoms with van der Waals surface area (Å²) in [6.07, 6.45) is 10.3. The highest BCUT2D eigenvalue weighted by Gasteiger charge is 2.30. The van der Waals surface area contributed by atoms with Gasteiger partial charge in [-0.05, 0) is 45.6 Å². The Morgan fingerprint density at radius 1 is 1.16 bits per heavy atom. The van der Waals surface area contributed by atoms with E-state index in [-0.39, 0.29) is 0 Å². The molecule has 108 valence electrons. The van der Waals surface area contributed by atoms with E-state index in [0.717, 1.165) is 18.0 Å². The molecule has 2 fully saturated rings. The number of nitrogens with zero attached hydrogens (tertiary/aromatic N) is 2. The van der Waals surface area contributed by atoms with Gasteiger partial charge in [-0.1, -0.05) is 25.2 Å². The second kappa shape index (κ2) is 7.49. The first-order chi connectivity index (χ1) is 9.20. The van der Waals surface area contributed by atoms with E-state index in [2.05, 4.69) is 30.1 Å². The lowest BCUT2D eigenvalue weighted by Gasteiger charge is -2.44. The average molecular weight is 262 g/mol. The van der Waals surface area contributed by atoms with Crippen LogP contribution in [0, 0.1) is 5.92 Å². The molecule has 0 amide bonds. The van der Waals surface area contributed by atoms with E-state index in [0.29, 0.717) is 0 Å². The monoisotopic (exact) mass is 262 g/mol. The van der Waals surface area contributed by atoms with Crippen LogP contribution in [0.25, 0.3) is 0 Å². The Labute approximate surface area is 120 Å². The quantitative estimate of drug-likeness (QED) is 0.377. The van der Waals surface area contributed by atoms with E-state index in [1.165, 1.54) is 65.5 Å². The van der Waals surface area contributed by atoms with Gasteiger partial charge in [-0.2, -0.15) is 0 Å². The third-order valence-electron chi connectivity index (χ3n) is 4.80. The fourth-order valence-electron chi connectivity index (χ4n) is 3.44. The van der Waals surface area contributed by atoms with Gasteiger partial charge in [0.15, 0.2) is 0 Å². The molecule has 2 nitrogen and oxygen atoms in total. The van der Waals surface area contributed by atoms with Crippen LogP contribution < -0.4 is 0 Å². The lowest BCUT2D eigenvalue weighted by molar-refractivity contribution is 0.0748. The van der Waals surface area contributed by atoms with E-state index in [4.69, 9.17) is 0 Å². The molecular weight excluding hydrogens is 231 g/mol. The molecule has 0 spiro atoms. The van der Waals surface area contributed by atoms with Gasteiger partial charge in [0.2, 0.25) is 7.41 Å². The van der Waals surface area contributed by atoms with Gasteiger partial charge in [0.1, 0.15) is 0 Å². The van der Waals surface area contributed by atoms with Crippen LogP contribution in [-0.4, -0.2) is 48.8 Å². The Bertz CT molecular complexity index is 266. The van der Waals surface area contributed by atoms with Crippen LogP contribution in [0.3, 0.4) is 0 Å². The summed E-state index contributed by atoms with van der Waals surface area (Å²) in [5.74, 6) is 1.07. The van der Waals surface area contributed by atoms with E-state index in [1.54, 1.807) is 0 Å². The van der Waals surface area contributed by atoms with Crippen LogP contribution in [0.2, 0.25) is 6.32 Å². The van der Waals surface area contributed by atoms with Gasteiger partial charge >= 0.3 is 0 Å². The molecule has 2 rings (SSSR count).